The molecule has 0 aliphatic carbocycles. The number of fused-ring (bicyclic) bond motifs is 5. The fourth-order valence-corrected chi connectivity index (χ4v) is 6.16. The van der Waals surface area contributed by atoms with Gasteiger partial charge in [0.25, 0.3) is 0 Å². The van der Waals surface area contributed by atoms with Crippen molar-refractivity contribution < 1.29 is 5.11 Å². The van der Waals surface area contributed by atoms with Crippen LogP contribution in [0.25, 0.3) is 21.7 Å². The third-order valence-electron chi connectivity index (χ3n) is 7.95. The molecule has 0 amide bonds. The minimum Gasteiger partial charge on any atom is -0.387 e. The molecule has 4 aromatic rings. The molecule has 1 N–H and O–H groups in total. The smallest absolute Gasteiger partial charge is 0.0952 e. The van der Waals surface area contributed by atoms with E-state index in [-0.39, 0.29) is 6.04 Å². The Bertz CT molecular complexity index is 1320. The first kappa shape index (κ1) is 20.6. The van der Waals surface area contributed by atoms with Gasteiger partial charge in [0.1, 0.15) is 0 Å². The van der Waals surface area contributed by atoms with Crippen LogP contribution in [-0.4, -0.2) is 34.1 Å². The third kappa shape index (κ3) is 3.66. The first-order valence-electron chi connectivity index (χ1n) is 12.1. The fourth-order valence-electron chi connectivity index (χ4n) is 6.16. The van der Waals surface area contributed by atoms with Crippen LogP contribution in [0.15, 0.2) is 85.6 Å². The number of benzene rings is 3. The molecule has 5 atom stereocenters. The van der Waals surface area contributed by atoms with E-state index in [4.69, 9.17) is 0 Å². The number of piperidine rings is 3. The number of aliphatic hydroxyl groups excluding tert-OH is 1. The minimum absolute atomic E-state index is 0.173. The summed E-state index contributed by atoms with van der Waals surface area (Å²) in [5.74, 6) is 1.20. The molecule has 0 spiro atoms. The summed E-state index contributed by atoms with van der Waals surface area (Å²) in [4.78, 5) is 7.08. The number of hydrogen-bond acceptors (Lipinski definition) is 3. The molecule has 3 aromatic carbocycles. The lowest BCUT2D eigenvalue weighted by Crippen LogP contribution is -2.54. The van der Waals surface area contributed by atoms with Crippen molar-refractivity contribution in [1.29, 1.82) is 0 Å². The van der Waals surface area contributed by atoms with Crippen LogP contribution in [0.4, 0.5) is 0 Å². The molecule has 3 aliphatic rings. The van der Waals surface area contributed by atoms with Crippen molar-refractivity contribution >= 4 is 21.7 Å². The van der Waals surface area contributed by atoms with Crippen LogP contribution in [-0.2, 0) is 6.42 Å². The van der Waals surface area contributed by atoms with Gasteiger partial charge >= 0.3 is 0 Å². The standard InChI is InChI=1S/C30H30N2O/c1-2-21-19-32-15-13-23(21)18-29(32)30(33)26-12-14-31-28-11-10-20(17-27(26)28)16-24-8-5-7-22-6-3-4-9-25(22)24/h2-12,14,17,21,23,29-30,33H,1,13,15-16,18-19H2/t21-,23-,29+,30-/m0/s1. The molecule has 166 valence electrons. The Morgan fingerprint density at radius 3 is 2.79 bits per heavy atom. The van der Waals surface area contributed by atoms with Gasteiger partial charge in [0.2, 0.25) is 0 Å². The van der Waals surface area contributed by atoms with E-state index in [9.17, 15) is 5.11 Å². The van der Waals surface area contributed by atoms with Crippen molar-refractivity contribution in [3.05, 3.63) is 102 Å². The molecule has 4 heterocycles. The van der Waals surface area contributed by atoms with Crippen LogP contribution < -0.4 is 0 Å². The SMILES string of the molecule is C=C[C@H]1CN2CC[C@H]1C[C@@H]2[C@@H](O)c1ccnc2ccc(Cc3cccc4ccccc34)cc12. The average Bonchev–Trinajstić information content (AvgIpc) is 2.88. The zero-order valence-corrected chi connectivity index (χ0v) is 18.9. The van der Waals surface area contributed by atoms with Crippen molar-refractivity contribution in [2.45, 2.75) is 31.4 Å². The average molecular weight is 435 g/mol. The molecule has 0 saturated carbocycles. The lowest BCUT2D eigenvalue weighted by atomic mass is 9.73. The zero-order chi connectivity index (χ0) is 22.4. The summed E-state index contributed by atoms with van der Waals surface area (Å²) in [7, 11) is 0. The summed E-state index contributed by atoms with van der Waals surface area (Å²) in [5.41, 5.74) is 4.53. The maximum atomic E-state index is 11.6. The first-order chi connectivity index (χ1) is 16.2. The van der Waals surface area contributed by atoms with E-state index in [2.05, 4.69) is 83.2 Å². The Labute approximate surface area is 195 Å². The van der Waals surface area contributed by atoms with Gasteiger partial charge in [-0.3, -0.25) is 9.88 Å². The first-order valence-corrected chi connectivity index (χ1v) is 12.1. The van der Waals surface area contributed by atoms with Gasteiger partial charge in [0.15, 0.2) is 0 Å². The van der Waals surface area contributed by atoms with E-state index < -0.39 is 6.10 Å². The lowest BCUT2D eigenvalue weighted by Gasteiger charge is -2.50. The normalized spacial score (nSPS) is 25.4. The van der Waals surface area contributed by atoms with E-state index in [0.717, 1.165) is 42.4 Å². The van der Waals surface area contributed by atoms with Gasteiger partial charge in [-0.2, -0.15) is 0 Å². The second-order valence-corrected chi connectivity index (χ2v) is 9.76. The van der Waals surface area contributed by atoms with Crippen molar-refractivity contribution in [2.75, 3.05) is 13.1 Å². The highest BCUT2D eigenvalue weighted by Gasteiger charge is 2.42. The predicted octanol–water partition coefficient (Wildman–Crippen LogP) is 5.91. The highest BCUT2D eigenvalue weighted by Crippen LogP contribution is 2.42. The Kier molecular flexibility index (Phi) is 5.24. The molecular weight excluding hydrogens is 404 g/mol. The Hall–Kier alpha value is -3.01. The molecule has 1 aromatic heterocycles. The maximum Gasteiger partial charge on any atom is 0.0952 e. The summed E-state index contributed by atoms with van der Waals surface area (Å²) in [6.45, 7) is 6.13. The molecule has 3 heteroatoms. The number of pyridine rings is 1. The second kappa shape index (κ2) is 8.40. The van der Waals surface area contributed by atoms with Gasteiger partial charge in [-0.25, -0.2) is 0 Å². The molecule has 33 heavy (non-hydrogen) atoms. The summed E-state index contributed by atoms with van der Waals surface area (Å²) >= 11 is 0. The van der Waals surface area contributed by atoms with E-state index in [0.29, 0.717) is 11.8 Å². The number of aliphatic hydroxyl groups is 1. The molecule has 1 unspecified atom stereocenters. The monoisotopic (exact) mass is 434 g/mol. The van der Waals surface area contributed by atoms with Crippen LogP contribution in [0.1, 0.15) is 35.6 Å². The van der Waals surface area contributed by atoms with Gasteiger partial charge in [-0.05, 0) is 83.3 Å². The van der Waals surface area contributed by atoms with Crippen molar-refractivity contribution in [1.82, 2.24) is 9.88 Å². The predicted molar refractivity (Wildman–Crippen MR) is 135 cm³/mol. The van der Waals surface area contributed by atoms with Crippen LogP contribution in [0, 0.1) is 11.8 Å². The Balaban J connectivity index is 1.34. The molecule has 0 radical (unpaired) electrons. The number of rotatable bonds is 5. The summed E-state index contributed by atoms with van der Waals surface area (Å²) in [5, 5.41) is 15.2. The molecule has 3 saturated heterocycles. The van der Waals surface area contributed by atoms with E-state index in [1.807, 2.05) is 12.3 Å². The Morgan fingerprint density at radius 1 is 1.06 bits per heavy atom. The fraction of sp³-hybridized carbons (Fsp3) is 0.300. The maximum absolute atomic E-state index is 11.6. The van der Waals surface area contributed by atoms with E-state index in [1.165, 1.54) is 28.3 Å². The highest BCUT2D eigenvalue weighted by atomic mass is 16.3. The van der Waals surface area contributed by atoms with Crippen molar-refractivity contribution in [3.63, 3.8) is 0 Å². The molecule has 7 rings (SSSR count). The van der Waals surface area contributed by atoms with Crippen molar-refractivity contribution in [2.24, 2.45) is 11.8 Å². The quantitative estimate of drug-likeness (QED) is 0.397. The minimum atomic E-state index is -0.503. The third-order valence-corrected chi connectivity index (χ3v) is 7.95. The second-order valence-electron chi connectivity index (χ2n) is 9.76. The van der Waals surface area contributed by atoms with E-state index >= 15 is 0 Å². The van der Waals surface area contributed by atoms with Gasteiger partial charge in [0.05, 0.1) is 11.6 Å². The summed E-state index contributed by atoms with van der Waals surface area (Å²) in [6.07, 6.45) is 6.57. The molecular formula is C30H30N2O. The largest absolute Gasteiger partial charge is 0.387 e. The highest BCUT2D eigenvalue weighted by molar-refractivity contribution is 5.87. The molecule has 2 bridgehead atoms. The molecule has 3 aliphatic heterocycles. The van der Waals surface area contributed by atoms with Crippen molar-refractivity contribution in [3.8, 4) is 0 Å². The molecule has 3 fully saturated rings. The van der Waals surface area contributed by atoms with Crippen LogP contribution >= 0.6 is 0 Å². The number of nitrogens with zero attached hydrogens (tertiary/aromatic N) is 2. The molecule has 3 nitrogen and oxygen atoms in total. The van der Waals surface area contributed by atoms with E-state index in [1.54, 1.807) is 0 Å². The summed E-state index contributed by atoms with van der Waals surface area (Å²) in [6, 6.07) is 23.8. The van der Waals surface area contributed by atoms with Gasteiger partial charge in [0, 0.05) is 24.2 Å². The van der Waals surface area contributed by atoms with Gasteiger partial charge in [-0.1, -0.05) is 54.6 Å². The Morgan fingerprint density at radius 2 is 1.94 bits per heavy atom. The van der Waals surface area contributed by atoms with Gasteiger partial charge in [-0.15, -0.1) is 6.58 Å². The topological polar surface area (TPSA) is 36.4 Å². The summed E-state index contributed by atoms with van der Waals surface area (Å²) < 4.78 is 0. The van der Waals surface area contributed by atoms with Crippen LogP contribution in [0.2, 0.25) is 0 Å². The lowest BCUT2D eigenvalue weighted by molar-refractivity contribution is -0.0444. The van der Waals surface area contributed by atoms with Crippen LogP contribution in [0.3, 0.4) is 0 Å². The number of hydrogen-bond donors (Lipinski definition) is 1. The number of aromatic nitrogens is 1. The zero-order valence-electron chi connectivity index (χ0n) is 18.9. The van der Waals surface area contributed by atoms with Gasteiger partial charge < -0.3 is 5.11 Å². The van der Waals surface area contributed by atoms with Crippen LogP contribution in [0.5, 0.6) is 0 Å².